The van der Waals surface area contributed by atoms with Gasteiger partial charge in [-0.15, -0.1) is 0 Å². The van der Waals surface area contributed by atoms with Crippen molar-refractivity contribution in [1.29, 1.82) is 0 Å². The van der Waals surface area contributed by atoms with Gasteiger partial charge in [0.1, 0.15) is 11.3 Å². The zero-order valence-corrected chi connectivity index (χ0v) is 15.1. The molecular formula is C21H13ClF4N2. The molecule has 4 rings (SSSR count). The highest BCUT2D eigenvalue weighted by Crippen LogP contribution is 2.40. The summed E-state index contributed by atoms with van der Waals surface area (Å²) in [5, 5.41) is 4.73. The van der Waals surface area contributed by atoms with Crippen LogP contribution in [-0.2, 0) is 12.7 Å². The van der Waals surface area contributed by atoms with Crippen LogP contribution in [0.1, 0.15) is 11.1 Å². The predicted molar refractivity (Wildman–Crippen MR) is 101 cm³/mol. The smallest absolute Gasteiger partial charge is 0.259 e. The third kappa shape index (κ3) is 3.36. The van der Waals surface area contributed by atoms with Gasteiger partial charge in [0, 0.05) is 10.9 Å². The molecule has 7 heteroatoms. The number of alkyl halides is 3. The monoisotopic (exact) mass is 404 g/mol. The van der Waals surface area contributed by atoms with Gasteiger partial charge in [-0.25, -0.2) is 4.39 Å². The number of benzene rings is 3. The van der Waals surface area contributed by atoms with Crippen molar-refractivity contribution in [3.63, 3.8) is 0 Å². The molecule has 0 spiro atoms. The zero-order chi connectivity index (χ0) is 19.9. The van der Waals surface area contributed by atoms with Crippen molar-refractivity contribution in [3.05, 3.63) is 88.7 Å². The molecule has 0 unspecified atom stereocenters. The van der Waals surface area contributed by atoms with E-state index in [4.69, 9.17) is 11.6 Å². The fraction of sp³-hybridized carbons (Fsp3) is 0.0952. The summed E-state index contributed by atoms with van der Waals surface area (Å²) >= 11 is 6.26. The van der Waals surface area contributed by atoms with Crippen LogP contribution in [0.15, 0.2) is 66.7 Å². The van der Waals surface area contributed by atoms with Crippen LogP contribution >= 0.6 is 11.6 Å². The molecule has 0 aliphatic rings. The SMILES string of the molecule is Fc1ccc(Cl)c(-c2c3cccc(C(F)(F)F)c3nn2Cc2ccccc2)c1. The fourth-order valence-electron chi connectivity index (χ4n) is 3.21. The molecule has 0 atom stereocenters. The Balaban J connectivity index is 2.02. The number of aromatic nitrogens is 2. The highest BCUT2D eigenvalue weighted by molar-refractivity contribution is 6.33. The first-order valence-corrected chi connectivity index (χ1v) is 8.78. The van der Waals surface area contributed by atoms with Gasteiger partial charge in [-0.3, -0.25) is 4.68 Å². The number of nitrogens with zero attached hydrogens (tertiary/aromatic N) is 2. The van der Waals surface area contributed by atoms with Crippen LogP contribution in [0.25, 0.3) is 22.2 Å². The van der Waals surface area contributed by atoms with Crippen molar-refractivity contribution in [2.45, 2.75) is 12.7 Å². The minimum atomic E-state index is -4.56. The largest absolute Gasteiger partial charge is 0.418 e. The van der Waals surface area contributed by atoms with Crippen molar-refractivity contribution in [2.75, 3.05) is 0 Å². The molecular weight excluding hydrogens is 392 g/mol. The summed E-state index contributed by atoms with van der Waals surface area (Å²) in [4.78, 5) is 0. The van der Waals surface area contributed by atoms with Crippen LogP contribution in [0.3, 0.4) is 0 Å². The van der Waals surface area contributed by atoms with E-state index in [1.54, 1.807) is 0 Å². The fourth-order valence-corrected chi connectivity index (χ4v) is 3.42. The van der Waals surface area contributed by atoms with Crippen LogP contribution in [0.4, 0.5) is 17.6 Å². The Kier molecular flexibility index (Phi) is 4.59. The van der Waals surface area contributed by atoms with E-state index in [2.05, 4.69) is 5.10 Å². The average molecular weight is 405 g/mol. The summed E-state index contributed by atoms with van der Waals surface area (Å²) in [6.07, 6.45) is -4.56. The molecule has 0 bridgehead atoms. The second kappa shape index (κ2) is 6.95. The topological polar surface area (TPSA) is 17.8 Å². The molecule has 0 fully saturated rings. The lowest BCUT2D eigenvalue weighted by Crippen LogP contribution is -2.06. The van der Waals surface area contributed by atoms with Crippen LogP contribution in [0, 0.1) is 5.82 Å². The molecule has 0 aliphatic heterocycles. The van der Waals surface area contributed by atoms with Crippen molar-refractivity contribution >= 4 is 22.5 Å². The van der Waals surface area contributed by atoms with Crippen LogP contribution in [-0.4, -0.2) is 9.78 Å². The van der Waals surface area contributed by atoms with Gasteiger partial charge in [0.05, 0.1) is 22.8 Å². The summed E-state index contributed by atoms with van der Waals surface area (Å²) < 4.78 is 55.8. The molecule has 0 aliphatic carbocycles. The summed E-state index contributed by atoms with van der Waals surface area (Å²) in [7, 11) is 0. The standard InChI is InChI=1S/C21H13ClF4N2/c22-18-10-9-14(23)11-16(18)20-15-7-4-8-17(21(24,25)26)19(15)27-28(20)12-13-5-2-1-3-6-13/h1-11H,12H2. The molecule has 1 aromatic heterocycles. The molecule has 0 N–H and O–H groups in total. The first-order valence-electron chi connectivity index (χ1n) is 8.40. The second-order valence-electron chi connectivity index (χ2n) is 6.32. The van der Waals surface area contributed by atoms with Crippen molar-refractivity contribution in [1.82, 2.24) is 9.78 Å². The van der Waals surface area contributed by atoms with E-state index in [9.17, 15) is 17.6 Å². The van der Waals surface area contributed by atoms with Gasteiger partial charge in [0.15, 0.2) is 0 Å². The predicted octanol–water partition coefficient (Wildman–Crippen LogP) is 6.56. The van der Waals surface area contributed by atoms with E-state index in [0.29, 0.717) is 11.3 Å². The lowest BCUT2D eigenvalue weighted by molar-refractivity contribution is -0.136. The minimum absolute atomic E-state index is 0.193. The Bertz CT molecular complexity index is 1150. The van der Waals surface area contributed by atoms with Crippen molar-refractivity contribution in [2.24, 2.45) is 0 Å². The molecule has 2 nitrogen and oxygen atoms in total. The minimum Gasteiger partial charge on any atom is -0.259 e. The maximum Gasteiger partial charge on any atom is 0.418 e. The zero-order valence-electron chi connectivity index (χ0n) is 14.3. The summed E-state index contributed by atoms with van der Waals surface area (Å²) in [5.41, 5.74) is 0.443. The highest BCUT2D eigenvalue weighted by Gasteiger charge is 2.34. The molecule has 0 saturated heterocycles. The third-order valence-corrected chi connectivity index (χ3v) is 4.76. The lowest BCUT2D eigenvalue weighted by Gasteiger charge is -2.10. The van der Waals surface area contributed by atoms with E-state index in [0.717, 1.165) is 11.6 Å². The molecule has 0 saturated carbocycles. The normalized spacial score (nSPS) is 11.9. The Labute approximate surface area is 163 Å². The first-order chi connectivity index (χ1) is 13.3. The molecule has 0 amide bonds. The van der Waals surface area contributed by atoms with Crippen LogP contribution in [0.5, 0.6) is 0 Å². The van der Waals surface area contributed by atoms with Gasteiger partial charge < -0.3 is 0 Å². The number of hydrogen-bond acceptors (Lipinski definition) is 1. The van der Waals surface area contributed by atoms with Gasteiger partial charge >= 0.3 is 6.18 Å². The van der Waals surface area contributed by atoms with Crippen molar-refractivity contribution in [3.8, 4) is 11.3 Å². The van der Waals surface area contributed by atoms with Crippen LogP contribution in [0.2, 0.25) is 5.02 Å². The molecule has 1 heterocycles. The second-order valence-corrected chi connectivity index (χ2v) is 6.72. The quantitative estimate of drug-likeness (QED) is 0.353. The average Bonchev–Trinajstić information content (AvgIpc) is 3.01. The Morgan fingerprint density at radius 2 is 1.68 bits per heavy atom. The maximum atomic E-state index is 13.9. The Hall–Kier alpha value is -2.86. The number of rotatable bonds is 3. The van der Waals surface area contributed by atoms with Gasteiger partial charge in [-0.1, -0.05) is 54.1 Å². The highest BCUT2D eigenvalue weighted by atomic mass is 35.5. The van der Waals surface area contributed by atoms with Gasteiger partial charge in [0.25, 0.3) is 0 Å². The third-order valence-electron chi connectivity index (χ3n) is 4.43. The van der Waals surface area contributed by atoms with E-state index in [-0.39, 0.29) is 22.5 Å². The molecule has 0 radical (unpaired) electrons. The molecule has 28 heavy (non-hydrogen) atoms. The van der Waals surface area contributed by atoms with E-state index >= 15 is 0 Å². The maximum absolute atomic E-state index is 13.9. The molecule has 142 valence electrons. The van der Waals surface area contributed by atoms with E-state index < -0.39 is 17.6 Å². The first kappa shape index (κ1) is 18.5. The number of fused-ring (bicyclic) bond motifs is 1. The molecule has 3 aromatic carbocycles. The lowest BCUT2D eigenvalue weighted by atomic mass is 10.0. The Morgan fingerprint density at radius 3 is 2.39 bits per heavy atom. The summed E-state index contributed by atoms with van der Waals surface area (Å²) in [6, 6.07) is 16.8. The number of halogens is 5. The summed E-state index contributed by atoms with van der Waals surface area (Å²) in [6.45, 7) is 0.217. The van der Waals surface area contributed by atoms with Crippen LogP contribution < -0.4 is 0 Å². The van der Waals surface area contributed by atoms with Gasteiger partial charge in [-0.2, -0.15) is 18.3 Å². The van der Waals surface area contributed by atoms with Crippen molar-refractivity contribution < 1.29 is 17.6 Å². The van der Waals surface area contributed by atoms with Gasteiger partial charge in [-0.05, 0) is 29.8 Å². The van der Waals surface area contributed by atoms with Gasteiger partial charge in [0.2, 0.25) is 0 Å². The number of hydrogen-bond donors (Lipinski definition) is 0. The Morgan fingerprint density at radius 1 is 0.929 bits per heavy atom. The molecule has 4 aromatic rings. The van der Waals surface area contributed by atoms with E-state index in [1.165, 1.54) is 35.0 Å². The summed E-state index contributed by atoms with van der Waals surface area (Å²) in [5.74, 6) is -0.535. The van der Waals surface area contributed by atoms with E-state index in [1.807, 2.05) is 30.3 Å².